The van der Waals surface area contributed by atoms with Gasteiger partial charge in [-0.2, -0.15) is 5.01 Å². The molecule has 0 aromatic rings. The second-order valence-corrected chi connectivity index (χ2v) is 4.14. The van der Waals surface area contributed by atoms with Crippen LogP contribution in [0.2, 0.25) is 0 Å². The minimum absolute atomic E-state index is 0.286. The van der Waals surface area contributed by atoms with Crippen molar-refractivity contribution in [1.82, 2.24) is 5.01 Å². The number of ether oxygens (including phenoxy) is 1. The van der Waals surface area contributed by atoms with Gasteiger partial charge in [-0.3, -0.25) is 9.59 Å². The molecule has 0 aliphatic carbocycles. The molecule has 0 aromatic heterocycles. The molecule has 0 radical (unpaired) electrons. The first kappa shape index (κ1) is 14.4. The summed E-state index contributed by atoms with van der Waals surface area (Å²) in [6, 6.07) is 0. The molecule has 0 saturated heterocycles. The molecule has 7 heteroatoms. The Kier molecular flexibility index (Phi) is 4.90. The first-order chi connectivity index (χ1) is 7.13. The van der Waals surface area contributed by atoms with E-state index in [4.69, 9.17) is 15.7 Å². The number of nitrogens with zero attached hydrogens (tertiary/aromatic N) is 1. The zero-order chi connectivity index (χ0) is 12.9. The molecule has 0 aromatic carbocycles. The van der Waals surface area contributed by atoms with Gasteiger partial charge >= 0.3 is 12.1 Å². The van der Waals surface area contributed by atoms with Crippen molar-refractivity contribution in [2.75, 3.05) is 0 Å². The smallest absolute Gasteiger partial charge is 0.431 e. The Hall–Kier alpha value is -1.63. The Balaban J connectivity index is 4.22. The van der Waals surface area contributed by atoms with Gasteiger partial charge in [0, 0.05) is 6.42 Å². The molecule has 0 aliphatic heterocycles. The van der Waals surface area contributed by atoms with Gasteiger partial charge in [0.05, 0.1) is 6.42 Å². The highest BCUT2D eigenvalue weighted by atomic mass is 16.6. The van der Waals surface area contributed by atoms with Gasteiger partial charge in [-0.15, -0.1) is 0 Å². The number of rotatable bonds is 3. The minimum atomic E-state index is -1.13. The molecule has 0 unspecified atom stereocenters. The Morgan fingerprint density at radius 2 is 1.75 bits per heavy atom. The van der Waals surface area contributed by atoms with Gasteiger partial charge in [-0.05, 0) is 20.8 Å². The zero-order valence-corrected chi connectivity index (χ0v) is 9.52. The summed E-state index contributed by atoms with van der Waals surface area (Å²) in [6.45, 7) is 4.88. The van der Waals surface area contributed by atoms with E-state index in [1.807, 2.05) is 0 Å². The minimum Gasteiger partial charge on any atom is -0.481 e. The second-order valence-electron chi connectivity index (χ2n) is 4.14. The van der Waals surface area contributed by atoms with Crippen molar-refractivity contribution in [3.63, 3.8) is 0 Å². The lowest BCUT2D eigenvalue weighted by atomic mass is 10.2. The molecule has 0 saturated carbocycles. The maximum Gasteiger partial charge on any atom is 0.431 e. The second kappa shape index (κ2) is 5.45. The lowest BCUT2D eigenvalue weighted by molar-refractivity contribution is -0.140. The molecule has 0 heterocycles. The van der Waals surface area contributed by atoms with Crippen molar-refractivity contribution >= 4 is 18.0 Å². The summed E-state index contributed by atoms with van der Waals surface area (Å²) < 4.78 is 4.82. The van der Waals surface area contributed by atoms with Crippen molar-refractivity contribution in [3.05, 3.63) is 0 Å². The van der Waals surface area contributed by atoms with Crippen molar-refractivity contribution in [3.8, 4) is 0 Å². The molecule has 0 aliphatic rings. The molecule has 0 bridgehead atoms. The van der Waals surface area contributed by atoms with Crippen molar-refractivity contribution in [2.45, 2.75) is 39.2 Å². The number of hydrogen-bond donors (Lipinski definition) is 2. The molecule has 7 nitrogen and oxygen atoms in total. The summed E-state index contributed by atoms with van der Waals surface area (Å²) in [5.41, 5.74) is -0.762. The van der Waals surface area contributed by atoms with Gasteiger partial charge < -0.3 is 9.84 Å². The molecule has 16 heavy (non-hydrogen) atoms. The number of carboxylic acids is 1. The number of aliphatic carboxylic acids is 1. The van der Waals surface area contributed by atoms with E-state index >= 15 is 0 Å². The average Bonchev–Trinajstić information content (AvgIpc) is 2.10. The van der Waals surface area contributed by atoms with Crippen LogP contribution >= 0.6 is 0 Å². The molecule has 2 amide bonds. The van der Waals surface area contributed by atoms with E-state index in [0.29, 0.717) is 0 Å². The van der Waals surface area contributed by atoms with E-state index < -0.39 is 23.6 Å². The van der Waals surface area contributed by atoms with Crippen molar-refractivity contribution in [1.29, 1.82) is 0 Å². The fraction of sp³-hybridized carbons (Fsp3) is 0.667. The lowest BCUT2D eigenvalue weighted by Crippen LogP contribution is -2.45. The summed E-state index contributed by atoms with van der Waals surface area (Å²) in [6.07, 6.45) is -1.72. The molecule has 0 atom stereocenters. The topological polar surface area (TPSA) is 110 Å². The Bertz CT molecular complexity index is 295. The summed E-state index contributed by atoms with van der Waals surface area (Å²) in [7, 11) is 0. The van der Waals surface area contributed by atoms with E-state index in [0.717, 1.165) is 0 Å². The number of hydrogen-bond acceptors (Lipinski definition) is 5. The largest absolute Gasteiger partial charge is 0.481 e. The number of hydrazine groups is 1. The standard InChI is InChI=1S/C9H16N2O5/c1-9(2,3)16-8(15)11(10)6(12)4-5-7(13)14/h4-5,10H2,1-3H3,(H,13,14). The van der Waals surface area contributed by atoms with Gasteiger partial charge in [0.1, 0.15) is 5.60 Å². The zero-order valence-electron chi connectivity index (χ0n) is 9.52. The summed E-state index contributed by atoms with van der Waals surface area (Å²) >= 11 is 0. The van der Waals surface area contributed by atoms with Crippen LogP contribution in [0.4, 0.5) is 4.79 Å². The number of imide groups is 1. The average molecular weight is 232 g/mol. The van der Waals surface area contributed by atoms with Gasteiger partial charge in [-0.25, -0.2) is 10.6 Å². The number of carbonyl (C=O) groups excluding carboxylic acids is 2. The van der Waals surface area contributed by atoms with E-state index in [1.54, 1.807) is 20.8 Å². The lowest BCUT2D eigenvalue weighted by Gasteiger charge is -2.22. The molecular formula is C9H16N2O5. The van der Waals surface area contributed by atoms with Crippen LogP contribution in [0.1, 0.15) is 33.6 Å². The first-order valence-corrected chi connectivity index (χ1v) is 4.66. The normalized spacial score (nSPS) is 10.8. The maximum atomic E-state index is 11.3. The molecular weight excluding hydrogens is 216 g/mol. The fourth-order valence-electron chi connectivity index (χ4n) is 0.747. The van der Waals surface area contributed by atoms with Crippen LogP contribution in [0, 0.1) is 0 Å². The van der Waals surface area contributed by atoms with Crippen LogP contribution in [0.3, 0.4) is 0 Å². The Labute approximate surface area is 93.1 Å². The van der Waals surface area contributed by atoms with Crippen molar-refractivity contribution < 1.29 is 24.2 Å². The number of carboxylic acid groups (broad SMARTS) is 1. The monoisotopic (exact) mass is 232 g/mol. The van der Waals surface area contributed by atoms with Crippen LogP contribution in [-0.2, 0) is 14.3 Å². The number of amides is 2. The van der Waals surface area contributed by atoms with E-state index in [2.05, 4.69) is 0 Å². The predicted molar refractivity (Wildman–Crippen MR) is 54.1 cm³/mol. The predicted octanol–water partition coefficient (Wildman–Crippen LogP) is 0.489. The maximum absolute atomic E-state index is 11.3. The summed E-state index contributed by atoms with van der Waals surface area (Å²) in [4.78, 5) is 32.7. The van der Waals surface area contributed by atoms with Crippen LogP contribution in [0.15, 0.2) is 0 Å². The molecule has 3 N–H and O–H groups in total. The van der Waals surface area contributed by atoms with Crippen molar-refractivity contribution in [2.24, 2.45) is 5.84 Å². The van der Waals surface area contributed by atoms with Crippen LogP contribution in [-0.4, -0.2) is 33.7 Å². The van der Waals surface area contributed by atoms with E-state index in [1.165, 1.54) is 0 Å². The number of nitrogens with two attached hydrogens (primary N) is 1. The highest BCUT2D eigenvalue weighted by Gasteiger charge is 2.24. The number of carbonyl (C=O) groups is 3. The highest BCUT2D eigenvalue weighted by molar-refractivity contribution is 5.92. The summed E-state index contributed by atoms with van der Waals surface area (Å²) in [5.74, 6) is 3.24. The van der Waals surface area contributed by atoms with Gasteiger partial charge in [0.2, 0.25) is 5.91 Å². The Morgan fingerprint density at radius 1 is 1.25 bits per heavy atom. The van der Waals surface area contributed by atoms with Gasteiger partial charge in [0.15, 0.2) is 0 Å². The van der Waals surface area contributed by atoms with Crippen LogP contribution in [0.5, 0.6) is 0 Å². The quantitative estimate of drug-likeness (QED) is 0.416. The molecule has 92 valence electrons. The van der Waals surface area contributed by atoms with Crippen LogP contribution < -0.4 is 5.84 Å². The van der Waals surface area contributed by atoms with Gasteiger partial charge in [0.25, 0.3) is 0 Å². The first-order valence-electron chi connectivity index (χ1n) is 4.66. The third kappa shape index (κ3) is 5.97. The Morgan fingerprint density at radius 3 is 2.12 bits per heavy atom. The molecule has 0 rings (SSSR count). The highest BCUT2D eigenvalue weighted by Crippen LogP contribution is 2.09. The van der Waals surface area contributed by atoms with Gasteiger partial charge in [-0.1, -0.05) is 0 Å². The third-order valence-corrected chi connectivity index (χ3v) is 1.41. The van der Waals surface area contributed by atoms with Crippen LogP contribution in [0.25, 0.3) is 0 Å². The van der Waals surface area contributed by atoms with E-state index in [9.17, 15) is 14.4 Å². The fourth-order valence-corrected chi connectivity index (χ4v) is 0.747. The molecule has 0 fully saturated rings. The van der Waals surface area contributed by atoms with E-state index in [-0.39, 0.29) is 17.9 Å². The summed E-state index contributed by atoms with van der Waals surface area (Å²) in [5, 5.41) is 8.63. The third-order valence-electron chi connectivity index (χ3n) is 1.41. The molecule has 0 spiro atoms. The SMILES string of the molecule is CC(C)(C)OC(=O)N(N)C(=O)CCC(=O)O.